The minimum Gasteiger partial charge on any atom is -0.282 e. The predicted octanol–water partition coefficient (Wildman–Crippen LogP) is 1.18. The Kier molecular flexibility index (Phi) is 5.40. The van der Waals surface area contributed by atoms with E-state index in [1.807, 2.05) is 4.94 Å². The Labute approximate surface area is 86.6 Å². The molecule has 0 aliphatic rings. The van der Waals surface area contributed by atoms with Gasteiger partial charge in [0.05, 0.1) is 0 Å². The van der Waals surface area contributed by atoms with Gasteiger partial charge in [0.25, 0.3) is 0 Å². The summed E-state index contributed by atoms with van der Waals surface area (Å²) in [7, 11) is 0. The van der Waals surface area contributed by atoms with Crippen LogP contribution in [0.2, 0.25) is 0 Å². The third-order valence-electron chi connectivity index (χ3n) is 0.869. The van der Waals surface area contributed by atoms with Crippen molar-refractivity contribution in [3.05, 3.63) is 0 Å². The maximum atomic E-state index is 11.9. The number of ketones is 1. The first-order chi connectivity index (χ1) is 5.64. The summed E-state index contributed by atoms with van der Waals surface area (Å²) in [5.41, 5.74) is 0. The van der Waals surface area contributed by atoms with Crippen LogP contribution in [0.5, 0.6) is 0 Å². The van der Waals surface area contributed by atoms with Crippen molar-refractivity contribution in [1.29, 1.82) is 0 Å². The monoisotopic (exact) mass is 405 g/mol. The zero-order chi connectivity index (χ0) is 10.9. The Morgan fingerprint density at radius 1 is 1.00 bits per heavy atom. The minimum absolute atomic E-state index is 0. The van der Waals surface area contributed by atoms with Gasteiger partial charge in [-0.1, -0.05) is 0 Å². The standard InChI is InChI=1S/C4F6O3.Pt/c5-3(6,2(12)13-10)1(11)4(7,8)9;. The number of rotatable bonds is 2. The third-order valence-corrected chi connectivity index (χ3v) is 0.869. The van der Waals surface area contributed by atoms with Crippen molar-refractivity contribution < 1.29 is 62.1 Å². The molecule has 0 aliphatic carbocycles. The summed E-state index contributed by atoms with van der Waals surface area (Å²) >= 11 is 0. The van der Waals surface area contributed by atoms with Gasteiger partial charge in [0.2, 0.25) is 0 Å². The Hall–Kier alpha value is -0.592. The molecule has 0 aromatic heterocycles. The van der Waals surface area contributed by atoms with Crippen molar-refractivity contribution in [2.45, 2.75) is 12.1 Å². The van der Waals surface area contributed by atoms with Crippen molar-refractivity contribution in [3.8, 4) is 0 Å². The molecule has 0 aliphatic heterocycles. The molecule has 0 spiro atoms. The Morgan fingerprint density at radius 2 is 1.36 bits per heavy atom. The molecule has 10 heteroatoms. The van der Waals surface area contributed by atoms with Crippen LogP contribution in [0.3, 0.4) is 0 Å². The van der Waals surface area contributed by atoms with E-state index < -0.39 is 23.9 Å². The fourth-order valence-corrected chi connectivity index (χ4v) is 0.319. The fraction of sp³-hybridized carbons (Fsp3) is 0.500. The molecule has 0 amide bonds. The van der Waals surface area contributed by atoms with E-state index in [1.165, 1.54) is 0 Å². The van der Waals surface area contributed by atoms with Gasteiger partial charge in [0.15, 0.2) is 0 Å². The summed E-state index contributed by atoms with van der Waals surface area (Å²) < 4.78 is 68.5. The average Bonchev–Trinajstić information content (AvgIpc) is 1.99. The molecule has 0 heterocycles. The third kappa shape index (κ3) is 3.28. The normalized spacial score (nSPS) is 11.6. The molecule has 0 N–H and O–H groups in total. The van der Waals surface area contributed by atoms with Crippen molar-refractivity contribution in [2.24, 2.45) is 0 Å². The second-order valence-corrected chi connectivity index (χ2v) is 1.77. The molecule has 0 saturated carbocycles. The van der Waals surface area contributed by atoms with Crippen LogP contribution in [0.4, 0.5) is 26.5 Å². The van der Waals surface area contributed by atoms with Crippen molar-refractivity contribution in [1.82, 2.24) is 0 Å². The van der Waals surface area contributed by atoms with Crippen LogP contribution in [-0.2, 0) is 35.6 Å². The average molecular weight is 405 g/mol. The summed E-state index contributed by atoms with van der Waals surface area (Å²) in [6.07, 6.45) is -5.93. The zero-order valence-corrected chi connectivity index (χ0v) is 8.08. The van der Waals surface area contributed by atoms with E-state index in [1.54, 1.807) is 0 Å². The molecule has 0 saturated heterocycles. The second kappa shape index (κ2) is 4.77. The van der Waals surface area contributed by atoms with E-state index in [9.17, 15) is 36.1 Å². The number of halogens is 6. The number of Topliss-reactive ketones (excluding diaryl/α,β-unsaturated/α-hetero) is 1. The molecule has 3 nitrogen and oxygen atoms in total. The first kappa shape index (κ1) is 15.9. The number of hydrogen-bond acceptors (Lipinski definition) is 3. The number of carbonyl (C=O) groups is 2. The van der Waals surface area contributed by atoms with Gasteiger partial charge in [-0.05, 0) is 0 Å². The SMILES string of the molecule is O=C(OF)C(F)(F)C(=O)C(F)(F)F.[Pt]. The first-order valence-corrected chi connectivity index (χ1v) is 2.46. The summed E-state index contributed by atoms with van der Waals surface area (Å²) in [6.45, 7) is 0. The van der Waals surface area contributed by atoms with Crippen molar-refractivity contribution >= 4 is 11.8 Å². The molecule has 0 fully saturated rings. The van der Waals surface area contributed by atoms with Gasteiger partial charge in [-0.15, -0.1) is 0 Å². The van der Waals surface area contributed by atoms with Crippen LogP contribution < -0.4 is 0 Å². The molecular formula is C4F6O3Pt. The van der Waals surface area contributed by atoms with Crippen LogP contribution in [-0.4, -0.2) is 23.9 Å². The summed E-state index contributed by atoms with van der Waals surface area (Å²) in [4.78, 5) is 21.2. The molecular weight excluding hydrogens is 405 g/mol. The van der Waals surface area contributed by atoms with Crippen LogP contribution in [0.15, 0.2) is 0 Å². The molecule has 0 aromatic rings. The number of carbonyl (C=O) groups excluding carboxylic acids is 2. The molecule has 0 unspecified atom stereocenters. The zero-order valence-electron chi connectivity index (χ0n) is 5.81. The smallest absolute Gasteiger partial charge is 0.282 e. The largest absolute Gasteiger partial charge is 0.457 e. The molecule has 0 rings (SSSR count). The summed E-state index contributed by atoms with van der Waals surface area (Å²) in [6, 6.07) is 0. The van der Waals surface area contributed by atoms with E-state index in [0.29, 0.717) is 0 Å². The van der Waals surface area contributed by atoms with E-state index in [4.69, 9.17) is 0 Å². The number of hydrogen-bond donors (Lipinski definition) is 0. The maximum absolute atomic E-state index is 11.9. The van der Waals surface area contributed by atoms with Gasteiger partial charge in [0, 0.05) is 25.6 Å². The molecule has 0 aromatic carbocycles. The van der Waals surface area contributed by atoms with Gasteiger partial charge < -0.3 is 0 Å². The van der Waals surface area contributed by atoms with Crippen LogP contribution >= 0.6 is 0 Å². The van der Waals surface area contributed by atoms with E-state index >= 15 is 0 Å². The maximum Gasteiger partial charge on any atom is 0.457 e. The summed E-state index contributed by atoms with van der Waals surface area (Å²) in [5, 5.41) is 0. The van der Waals surface area contributed by atoms with Gasteiger partial charge in [-0.25, -0.2) is 9.74 Å². The topological polar surface area (TPSA) is 43.4 Å². The van der Waals surface area contributed by atoms with Crippen LogP contribution in [0, 0.1) is 0 Å². The van der Waals surface area contributed by atoms with E-state index in [-0.39, 0.29) is 21.1 Å². The second-order valence-electron chi connectivity index (χ2n) is 1.77. The molecule has 0 bridgehead atoms. The van der Waals surface area contributed by atoms with Crippen LogP contribution in [0.1, 0.15) is 0 Å². The van der Waals surface area contributed by atoms with Gasteiger partial charge >= 0.3 is 23.9 Å². The van der Waals surface area contributed by atoms with Gasteiger partial charge in [0.1, 0.15) is 0 Å². The Morgan fingerprint density at radius 3 is 1.57 bits per heavy atom. The Balaban J connectivity index is 0. The molecule has 86 valence electrons. The number of alkyl halides is 5. The quantitative estimate of drug-likeness (QED) is 0.512. The van der Waals surface area contributed by atoms with Gasteiger partial charge in [-0.3, -0.25) is 4.79 Å². The molecule has 0 atom stereocenters. The van der Waals surface area contributed by atoms with Gasteiger partial charge in [-0.2, -0.15) is 22.0 Å². The Bertz CT molecular complexity index is 236. The minimum atomic E-state index is -5.93. The first-order valence-electron chi connectivity index (χ1n) is 2.46. The van der Waals surface area contributed by atoms with Crippen LogP contribution in [0.25, 0.3) is 0 Å². The predicted molar refractivity (Wildman–Crippen MR) is 23.2 cm³/mol. The summed E-state index contributed by atoms with van der Waals surface area (Å²) in [5.74, 6) is -12.4. The molecule has 14 heavy (non-hydrogen) atoms. The molecule has 0 radical (unpaired) electrons. The van der Waals surface area contributed by atoms with Crippen molar-refractivity contribution in [3.63, 3.8) is 0 Å². The fourth-order valence-electron chi connectivity index (χ4n) is 0.319. The van der Waals surface area contributed by atoms with E-state index in [0.717, 1.165) is 0 Å². The van der Waals surface area contributed by atoms with E-state index in [2.05, 4.69) is 0 Å². The van der Waals surface area contributed by atoms with Crippen molar-refractivity contribution in [2.75, 3.05) is 0 Å².